The van der Waals surface area contributed by atoms with Gasteiger partial charge in [0.15, 0.2) is 0 Å². The van der Waals surface area contributed by atoms with Gasteiger partial charge in [0.1, 0.15) is 0 Å². The first kappa shape index (κ1) is 7.92. The second-order valence-corrected chi connectivity index (χ2v) is 1.52. The summed E-state index contributed by atoms with van der Waals surface area (Å²) in [4.78, 5) is 0. The average molecular weight is 111 g/mol. The molecule has 0 spiro atoms. The van der Waals surface area contributed by atoms with Gasteiger partial charge in [0.05, 0.1) is 12.7 Å². The van der Waals surface area contributed by atoms with Crippen LogP contribution in [0.4, 0.5) is 0 Å². The maximum atomic E-state index is 8.60. The summed E-state index contributed by atoms with van der Waals surface area (Å²) in [5.41, 5.74) is 0. The van der Waals surface area contributed by atoms with E-state index in [0.717, 1.165) is 13.0 Å². The van der Waals surface area contributed by atoms with Gasteiger partial charge >= 0.3 is 0 Å². The van der Waals surface area contributed by atoms with Crippen LogP contribution in [0.5, 0.6) is 0 Å². The van der Waals surface area contributed by atoms with Crippen LogP contribution in [0, 0.1) is 0 Å². The van der Waals surface area contributed by atoms with E-state index in [1.807, 2.05) is 0 Å². The van der Waals surface area contributed by atoms with E-state index in [4.69, 9.17) is 9.84 Å². The molecule has 0 bridgehead atoms. The summed E-state index contributed by atoms with van der Waals surface area (Å²) in [5.74, 6) is 0. The van der Waals surface area contributed by atoms with Gasteiger partial charge in [-0.15, -0.1) is 0 Å². The van der Waals surface area contributed by atoms with Gasteiger partial charge in [-0.3, -0.25) is 0 Å². The van der Waals surface area contributed by atoms with Crippen molar-refractivity contribution < 1.29 is 9.84 Å². The second-order valence-electron chi connectivity index (χ2n) is 1.52. The summed E-state index contributed by atoms with van der Waals surface area (Å²) < 4.78 is 4.81. The average Bonchev–Trinajstić information content (AvgIpc) is 1.86. The molecule has 0 aliphatic carbocycles. The molecule has 1 aliphatic rings. The molecule has 0 aromatic carbocycles. The molecule has 1 atom stereocenters. The van der Waals surface area contributed by atoms with Crippen molar-refractivity contribution in [1.29, 1.82) is 0 Å². The van der Waals surface area contributed by atoms with Gasteiger partial charge in [-0.25, -0.2) is 0 Å². The fourth-order valence-electron chi connectivity index (χ4n) is 0.522. The van der Waals surface area contributed by atoms with E-state index >= 15 is 0 Å². The van der Waals surface area contributed by atoms with Crippen molar-refractivity contribution in [2.24, 2.45) is 0 Å². The quantitative estimate of drug-likeness (QED) is 0.422. The van der Waals surface area contributed by atoms with Crippen LogP contribution in [0.3, 0.4) is 0 Å². The van der Waals surface area contributed by atoms with Crippen LogP contribution in [0.2, 0.25) is 0 Å². The van der Waals surface area contributed by atoms with Crippen LogP contribution in [0.1, 0.15) is 6.42 Å². The fourth-order valence-corrected chi connectivity index (χ4v) is 0.522. The molecule has 1 rings (SSSR count). The Hall–Kier alpha value is 0.920. The number of aliphatic hydroxyl groups excluding tert-OH is 1. The summed E-state index contributed by atoms with van der Waals surface area (Å²) in [6.45, 7) is 1.28. The SMILES string of the molecule is OC1CCOC1.[Na]. The molecule has 37 valence electrons. The van der Waals surface area contributed by atoms with Crippen molar-refractivity contribution >= 4 is 29.6 Å². The zero-order chi connectivity index (χ0) is 4.41. The van der Waals surface area contributed by atoms with Gasteiger partial charge in [0.25, 0.3) is 0 Å². The van der Waals surface area contributed by atoms with Gasteiger partial charge < -0.3 is 9.84 Å². The molecule has 0 saturated carbocycles. The van der Waals surface area contributed by atoms with E-state index in [1.165, 1.54) is 0 Å². The van der Waals surface area contributed by atoms with E-state index in [2.05, 4.69) is 0 Å². The third kappa shape index (κ3) is 2.67. The molecule has 1 saturated heterocycles. The Morgan fingerprint density at radius 3 is 2.43 bits per heavy atom. The molecule has 1 unspecified atom stereocenters. The molecular formula is C4H8NaO2. The molecule has 1 N–H and O–H groups in total. The van der Waals surface area contributed by atoms with Crippen LogP contribution in [-0.4, -0.2) is 54.0 Å². The predicted molar refractivity (Wildman–Crippen MR) is 27.2 cm³/mol. The van der Waals surface area contributed by atoms with Crippen molar-refractivity contribution in [1.82, 2.24) is 0 Å². The van der Waals surface area contributed by atoms with Crippen molar-refractivity contribution in [3.05, 3.63) is 0 Å². The van der Waals surface area contributed by atoms with E-state index in [9.17, 15) is 0 Å². The summed E-state index contributed by atoms with van der Waals surface area (Å²) in [6, 6.07) is 0. The first-order valence-electron chi connectivity index (χ1n) is 2.15. The van der Waals surface area contributed by atoms with E-state index < -0.39 is 0 Å². The number of aliphatic hydroxyl groups is 1. The molecule has 1 radical (unpaired) electrons. The Labute approximate surface area is 65.1 Å². The second kappa shape index (κ2) is 3.87. The minimum absolute atomic E-state index is 0. The molecule has 1 heterocycles. The number of hydrogen-bond donors (Lipinski definition) is 1. The normalized spacial score (nSPS) is 29.6. The number of hydrogen-bond acceptors (Lipinski definition) is 2. The Kier molecular flexibility index (Phi) is 4.37. The molecule has 0 amide bonds. The zero-order valence-corrected chi connectivity index (χ0v) is 6.55. The molecule has 1 fully saturated rings. The largest absolute Gasteiger partial charge is 0.391 e. The summed E-state index contributed by atoms with van der Waals surface area (Å²) >= 11 is 0. The topological polar surface area (TPSA) is 29.5 Å². The van der Waals surface area contributed by atoms with Gasteiger partial charge in [-0.1, -0.05) is 0 Å². The molecule has 7 heavy (non-hydrogen) atoms. The summed E-state index contributed by atoms with van der Waals surface area (Å²) in [7, 11) is 0. The third-order valence-electron chi connectivity index (χ3n) is 0.906. The maximum Gasteiger partial charge on any atom is 0.0795 e. The van der Waals surface area contributed by atoms with Gasteiger partial charge in [-0.05, 0) is 6.42 Å². The van der Waals surface area contributed by atoms with Crippen molar-refractivity contribution in [2.45, 2.75) is 12.5 Å². The Bertz CT molecular complexity index is 43.0. The van der Waals surface area contributed by atoms with Crippen molar-refractivity contribution in [3.8, 4) is 0 Å². The van der Waals surface area contributed by atoms with Crippen LogP contribution in [-0.2, 0) is 4.74 Å². The van der Waals surface area contributed by atoms with Crippen LogP contribution >= 0.6 is 0 Å². The molecular weight excluding hydrogens is 103 g/mol. The van der Waals surface area contributed by atoms with Gasteiger partial charge in [0, 0.05) is 36.2 Å². The molecule has 3 heteroatoms. The number of rotatable bonds is 0. The molecule has 0 aromatic rings. The summed E-state index contributed by atoms with van der Waals surface area (Å²) in [6.07, 6.45) is 0.644. The molecule has 1 aliphatic heterocycles. The van der Waals surface area contributed by atoms with Gasteiger partial charge in [0.2, 0.25) is 0 Å². The smallest absolute Gasteiger partial charge is 0.0795 e. The van der Waals surface area contributed by atoms with Gasteiger partial charge in [-0.2, -0.15) is 0 Å². The Morgan fingerprint density at radius 2 is 2.29 bits per heavy atom. The van der Waals surface area contributed by atoms with E-state index in [0.29, 0.717) is 6.61 Å². The molecule has 0 aromatic heterocycles. The van der Waals surface area contributed by atoms with Crippen molar-refractivity contribution in [3.63, 3.8) is 0 Å². The van der Waals surface area contributed by atoms with Crippen LogP contribution in [0.15, 0.2) is 0 Å². The Morgan fingerprint density at radius 1 is 1.57 bits per heavy atom. The van der Waals surface area contributed by atoms with Crippen LogP contribution < -0.4 is 0 Å². The maximum absolute atomic E-state index is 8.60. The third-order valence-corrected chi connectivity index (χ3v) is 0.906. The molecule has 2 nitrogen and oxygen atoms in total. The standard InChI is InChI=1S/C4H8O2.Na/c5-4-1-2-6-3-4;/h4-5H,1-3H2;. The van der Waals surface area contributed by atoms with Crippen molar-refractivity contribution in [2.75, 3.05) is 13.2 Å². The van der Waals surface area contributed by atoms with Crippen LogP contribution in [0.25, 0.3) is 0 Å². The monoisotopic (exact) mass is 111 g/mol. The predicted octanol–water partition coefficient (Wildman–Crippen LogP) is -0.613. The Balaban J connectivity index is 0.000000360. The first-order chi connectivity index (χ1) is 2.89. The fraction of sp³-hybridized carbons (Fsp3) is 1.00. The van der Waals surface area contributed by atoms with E-state index in [1.54, 1.807) is 0 Å². The summed E-state index contributed by atoms with van der Waals surface area (Å²) in [5, 5.41) is 8.60. The minimum atomic E-state index is -0.176. The minimum Gasteiger partial charge on any atom is -0.391 e. The zero-order valence-electron chi connectivity index (χ0n) is 4.55. The first-order valence-corrected chi connectivity index (χ1v) is 2.15. The number of ether oxygens (including phenoxy) is 1. The van der Waals surface area contributed by atoms with E-state index in [-0.39, 0.29) is 35.7 Å².